The van der Waals surface area contributed by atoms with Crippen LogP contribution in [0.1, 0.15) is 5.56 Å². The third-order valence-electron chi connectivity index (χ3n) is 4.10. The SMILES string of the molecule is O=C(COc1ccc(-c2nc3ccccc3s2)cc1)NCc1ccccc1. The zero-order valence-corrected chi connectivity index (χ0v) is 15.4. The van der Waals surface area contributed by atoms with Crippen molar-refractivity contribution >= 4 is 27.5 Å². The number of carbonyl (C=O) groups excluding carboxylic acids is 1. The number of ether oxygens (including phenoxy) is 1. The van der Waals surface area contributed by atoms with Gasteiger partial charge in [-0.15, -0.1) is 11.3 Å². The van der Waals surface area contributed by atoms with E-state index in [1.807, 2.05) is 72.8 Å². The minimum atomic E-state index is -0.144. The number of fused-ring (bicyclic) bond motifs is 1. The summed E-state index contributed by atoms with van der Waals surface area (Å²) in [4.78, 5) is 16.6. The van der Waals surface area contributed by atoms with Crippen molar-refractivity contribution in [3.8, 4) is 16.3 Å². The lowest BCUT2D eigenvalue weighted by Gasteiger charge is -2.08. The van der Waals surface area contributed by atoms with Gasteiger partial charge in [0, 0.05) is 12.1 Å². The maximum atomic E-state index is 11.9. The number of hydrogen-bond acceptors (Lipinski definition) is 4. The summed E-state index contributed by atoms with van der Waals surface area (Å²) >= 11 is 1.66. The number of carbonyl (C=O) groups is 1. The molecule has 0 saturated heterocycles. The fraction of sp³-hybridized carbons (Fsp3) is 0.0909. The predicted molar refractivity (Wildman–Crippen MR) is 109 cm³/mol. The Morgan fingerprint density at radius 3 is 2.44 bits per heavy atom. The van der Waals surface area contributed by atoms with Gasteiger partial charge < -0.3 is 10.1 Å². The minimum absolute atomic E-state index is 0.00663. The maximum absolute atomic E-state index is 11.9. The molecule has 27 heavy (non-hydrogen) atoms. The molecular formula is C22H18N2O2S. The number of amides is 1. The van der Waals surface area contributed by atoms with Crippen molar-refractivity contribution in [1.29, 1.82) is 0 Å². The molecule has 4 rings (SSSR count). The molecule has 1 N–H and O–H groups in total. The van der Waals surface area contributed by atoms with Gasteiger partial charge in [-0.2, -0.15) is 0 Å². The van der Waals surface area contributed by atoms with E-state index >= 15 is 0 Å². The molecule has 0 bridgehead atoms. The van der Waals surface area contributed by atoms with Crippen LogP contribution in [0.2, 0.25) is 0 Å². The van der Waals surface area contributed by atoms with E-state index in [2.05, 4.69) is 16.4 Å². The highest BCUT2D eigenvalue weighted by molar-refractivity contribution is 7.21. The van der Waals surface area contributed by atoms with Crippen LogP contribution in [0, 0.1) is 0 Å². The van der Waals surface area contributed by atoms with E-state index in [-0.39, 0.29) is 12.5 Å². The second kappa shape index (κ2) is 8.01. The molecule has 0 atom stereocenters. The molecule has 0 aliphatic carbocycles. The van der Waals surface area contributed by atoms with E-state index in [4.69, 9.17) is 4.74 Å². The topological polar surface area (TPSA) is 51.2 Å². The van der Waals surface area contributed by atoms with E-state index in [0.717, 1.165) is 21.7 Å². The number of benzene rings is 3. The first kappa shape index (κ1) is 17.2. The molecule has 3 aromatic carbocycles. The van der Waals surface area contributed by atoms with Gasteiger partial charge in [0.1, 0.15) is 10.8 Å². The van der Waals surface area contributed by atoms with Crippen molar-refractivity contribution in [1.82, 2.24) is 10.3 Å². The van der Waals surface area contributed by atoms with Gasteiger partial charge in [0.15, 0.2) is 6.61 Å². The van der Waals surface area contributed by atoms with Crippen LogP contribution >= 0.6 is 11.3 Å². The average Bonchev–Trinajstić information content (AvgIpc) is 3.16. The number of nitrogens with zero attached hydrogens (tertiary/aromatic N) is 1. The summed E-state index contributed by atoms with van der Waals surface area (Å²) < 4.78 is 6.75. The van der Waals surface area contributed by atoms with Gasteiger partial charge in [-0.05, 0) is 42.0 Å². The van der Waals surface area contributed by atoms with Crippen LogP contribution < -0.4 is 10.1 Å². The number of hydrogen-bond donors (Lipinski definition) is 1. The molecule has 0 aliphatic heterocycles. The lowest BCUT2D eigenvalue weighted by molar-refractivity contribution is -0.123. The summed E-state index contributed by atoms with van der Waals surface area (Å²) in [5.74, 6) is 0.517. The molecule has 0 radical (unpaired) electrons. The minimum Gasteiger partial charge on any atom is -0.484 e. The molecule has 0 aliphatic rings. The molecule has 0 saturated carbocycles. The van der Waals surface area contributed by atoms with E-state index in [0.29, 0.717) is 12.3 Å². The zero-order valence-electron chi connectivity index (χ0n) is 14.6. The van der Waals surface area contributed by atoms with Gasteiger partial charge >= 0.3 is 0 Å². The first-order valence-corrected chi connectivity index (χ1v) is 9.49. The summed E-state index contributed by atoms with van der Waals surface area (Å²) in [6.45, 7) is 0.493. The predicted octanol–water partition coefficient (Wildman–Crippen LogP) is 4.66. The van der Waals surface area contributed by atoms with Crippen LogP contribution in [0.25, 0.3) is 20.8 Å². The fourth-order valence-electron chi connectivity index (χ4n) is 2.69. The van der Waals surface area contributed by atoms with Gasteiger partial charge in [-0.25, -0.2) is 4.98 Å². The third kappa shape index (κ3) is 4.33. The Kier molecular flexibility index (Phi) is 5.12. The van der Waals surface area contributed by atoms with Crippen molar-refractivity contribution in [2.45, 2.75) is 6.54 Å². The number of para-hydroxylation sites is 1. The summed E-state index contributed by atoms with van der Waals surface area (Å²) in [7, 11) is 0. The van der Waals surface area contributed by atoms with Crippen LogP contribution in [-0.2, 0) is 11.3 Å². The monoisotopic (exact) mass is 374 g/mol. The number of aromatic nitrogens is 1. The lowest BCUT2D eigenvalue weighted by Crippen LogP contribution is -2.28. The highest BCUT2D eigenvalue weighted by Gasteiger charge is 2.07. The summed E-state index contributed by atoms with van der Waals surface area (Å²) in [6.07, 6.45) is 0. The van der Waals surface area contributed by atoms with Crippen LogP contribution in [0.15, 0.2) is 78.9 Å². The van der Waals surface area contributed by atoms with Crippen molar-refractivity contribution in [3.05, 3.63) is 84.4 Å². The molecule has 1 heterocycles. The second-order valence-electron chi connectivity index (χ2n) is 6.06. The fourth-order valence-corrected chi connectivity index (χ4v) is 3.66. The standard InChI is InChI=1S/C22H18N2O2S/c25-21(23-14-16-6-2-1-3-7-16)15-26-18-12-10-17(11-13-18)22-24-19-8-4-5-9-20(19)27-22/h1-13H,14-15H2,(H,23,25). The molecule has 1 aromatic heterocycles. The van der Waals surface area contributed by atoms with Gasteiger partial charge in [-0.3, -0.25) is 4.79 Å². The van der Waals surface area contributed by atoms with Gasteiger partial charge in [0.05, 0.1) is 10.2 Å². The van der Waals surface area contributed by atoms with Crippen molar-refractivity contribution in [2.75, 3.05) is 6.61 Å². The van der Waals surface area contributed by atoms with Crippen LogP contribution in [0.3, 0.4) is 0 Å². The van der Waals surface area contributed by atoms with E-state index in [1.54, 1.807) is 11.3 Å². The number of rotatable bonds is 6. The molecule has 0 spiro atoms. The molecule has 4 nitrogen and oxygen atoms in total. The quantitative estimate of drug-likeness (QED) is 0.534. The molecule has 134 valence electrons. The number of thiazole rings is 1. The Labute approximate surface area is 161 Å². The molecular weight excluding hydrogens is 356 g/mol. The Morgan fingerprint density at radius 1 is 0.926 bits per heavy atom. The molecule has 1 amide bonds. The first-order valence-electron chi connectivity index (χ1n) is 8.67. The maximum Gasteiger partial charge on any atom is 0.258 e. The Balaban J connectivity index is 1.33. The van der Waals surface area contributed by atoms with Crippen molar-refractivity contribution in [3.63, 3.8) is 0 Å². The van der Waals surface area contributed by atoms with Crippen LogP contribution in [-0.4, -0.2) is 17.5 Å². The second-order valence-corrected chi connectivity index (χ2v) is 7.09. The van der Waals surface area contributed by atoms with E-state index in [1.165, 1.54) is 4.70 Å². The molecule has 4 aromatic rings. The van der Waals surface area contributed by atoms with E-state index in [9.17, 15) is 4.79 Å². The summed E-state index contributed by atoms with van der Waals surface area (Å²) in [5, 5.41) is 3.82. The normalized spacial score (nSPS) is 10.7. The Hall–Kier alpha value is -3.18. The van der Waals surface area contributed by atoms with Crippen molar-refractivity contribution < 1.29 is 9.53 Å². The van der Waals surface area contributed by atoms with Crippen molar-refractivity contribution in [2.24, 2.45) is 0 Å². The first-order chi connectivity index (χ1) is 13.3. The largest absolute Gasteiger partial charge is 0.484 e. The third-order valence-corrected chi connectivity index (χ3v) is 5.18. The summed E-state index contributed by atoms with van der Waals surface area (Å²) in [5.41, 5.74) is 3.11. The molecule has 0 unspecified atom stereocenters. The smallest absolute Gasteiger partial charge is 0.258 e. The van der Waals surface area contributed by atoms with Gasteiger partial charge in [0.2, 0.25) is 0 Å². The highest BCUT2D eigenvalue weighted by atomic mass is 32.1. The Bertz CT molecular complexity index is 1010. The average molecular weight is 374 g/mol. The van der Waals surface area contributed by atoms with Gasteiger partial charge in [0.25, 0.3) is 5.91 Å². The Morgan fingerprint density at radius 2 is 1.67 bits per heavy atom. The molecule has 5 heteroatoms. The van der Waals surface area contributed by atoms with Crippen LogP contribution in [0.4, 0.5) is 0 Å². The molecule has 0 fully saturated rings. The highest BCUT2D eigenvalue weighted by Crippen LogP contribution is 2.30. The summed E-state index contributed by atoms with van der Waals surface area (Å²) in [6, 6.07) is 25.6. The van der Waals surface area contributed by atoms with Crippen LogP contribution in [0.5, 0.6) is 5.75 Å². The van der Waals surface area contributed by atoms with E-state index < -0.39 is 0 Å². The zero-order chi connectivity index (χ0) is 18.5. The lowest BCUT2D eigenvalue weighted by atomic mass is 10.2. The van der Waals surface area contributed by atoms with Gasteiger partial charge in [-0.1, -0.05) is 42.5 Å². The number of nitrogens with one attached hydrogen (secondary N) is 1.